The van der Waals surface area contributed by atoms with Crippen LogP contribution in [0.3, 0.4) is 0 Å². The van der Waals surface area contributed by atoms with Gasteiger partial charge in [-0.1, -0.05) is 12.8 Å². The van der Waals surface area contributed by atoms with Crippen LogP contribution in [0.15, 0.2) is 12.1 Å². The molecule has 0 saturated heterocycles. The third kappa shape index (κ3) is 3.26. The van der Waals surface area contributed by atoms with E-state index in [0.717, 1.165) is 12.5 Å². The summed E-state index contributed by atoms with van der Waals surface area (Å²) in [6, 6.07) is 2.50. The maximum absolute atomic E-state index is 11.1. The third-order valence-corrected chi connectivity index (χ3v) is 2.91. The van der Waals surface area contributed by atoms with Gasteiger partial charge >= 0.3 is 5.97 Å². The molecule has 1 rings (SSSR count). The highest BCUT2D eigenvalue weighted by Crippen LogP contribution is 2.30. The normalized spacial score (nSPS) is 9.85. The zero-order valence-corrected chi connectivity index (χ0v) is 11.4. The molecular weight excluding hydrogens is 260 g/mol. The molecule has 0 radical (unpaired) electrons. The van der Waals surface area contributed by atoms with Gasteiger partial charge in [-0.15, -0.1) is 6.42 Å². The number of anilines is 1. The van der Waals surface area contributed by atoms with Crippen molar-refractivity contribution in [1.82, 2.24) is 0 Å². The molecule has 0 amide bonds. The molecular formula is C14H16N2O4. The van der Waals surface area contributed by atoms with Crippen LogP contribution in [0.4, 0.5) is 11.4 Å². The molecule has 20 heavy (non-hydrogen) atoms. The van der Waals surface area contributed by atoms with Crippen molar-refractivity contribution < 1.29 is 14.8 Å². The minimum atomic E-state index is -1.20. The van der Waals surface area contributed by atoms with E-state index in [-0.39, 0.29) is 17.8 Å². The van der Waals surface area contributed by atoms with Crippen molar-refractivity contribution in [3.05, 3.63) is 33.4 Å². The second-order valence-corrected chi connectivity index (χ2v) is 4.33. The number of carboxylic acid groups (broad SMARTS) is 1. The Kier molecular flexibility index (Phi) is 5.09. The van der Waals surface area contributed by atoms with E-state index in [9.17, 15) is 14.9 Å². The molecule has 6 heteroatoms. The predicted molar refractivity (Wildman–Crippen MR) is 76.1 cm³/mol. The van der Waals surface area contributed by atoms with Gasteiger partial charge in [-0.3, -0.25) is 10.1 Å². The van der Waals surface area contributed by atoms with E-state index in [0.29, 0.717) is 17.8 Å². The fourth-order valence-corrected chi connectivity index (χ4v) is 1.99. The van der Waals surface area contributed by atoms with Crippen LogP contribution in [-0.4, -0.2) is 29.1 Å². The molecule has 1 aromatic carbocycles. The van der Waals surface area contributed by atoms with Crippen molar-refractivity contribution in [3.63, 3.8) is 0 Å². The molecule has 0 aliphatic rings. The fraction of sp³-hybridized carbons (Fsp3) is 0.357. The summed E-state index contributed by atoms with van der Waals surface area (Å²) in [7, 11) is 0. The van der Waals surface area contributed by atoms with Gasteiger partial charge in [0, 0.05) is 18.3 Å². The first-order valence-corrected chi connectivity index (χ1v) is 6.13. The Bertz CT molecular complexity index is 575. The molecule has 0 spiro atoms. The van der Waals surface area contributed by atoms with Crippen molar-refractivity contribution in [1.29, 1.82) is 0 Å². The standard InChI is InChI=1S/C14H16N2O4/c1-4-6-15(7-5-2)12-8-11(14(17)18)9-13(10(12)3)16(19)20/h1,8-9H,5-7H2,2-3H3,(H,17,18). The summed E-state index contributed by atoms with van der Waals surface area (Å²) in [6.45, 7) is 4.42. The predicted octanol–water partition coefficient (Wildman–Crippen LogP) is 2.45. The lowest BCUT2D eigenvalue weighted by Gasteiger charge is -2.24. The molecule has 0 aromatic heterocycles. The monoisotopic (exact) mass is 276 g/mol. The molecule has 6 nitrogen and oxygen atoms in total. The second kappa shape index (κ2) is 6.57. The van der Waals surface area contributed by atoms with Gasteiger partial charge in [0.15, 0.2) is 0 Å². The molecule has 0 saturated carbocycles. The first-order chi connectivity index (χ1) is 9.42. The number of carbonyl (C=O) groups is 1. The summed E-state index contributed by atoms with van der Waals surface area (Å²) >= 11 is 0. The largest absolute Gasteiger partial charge is 0.478 e. The van der Waals surface area contributed by atoms with Crippen LogP contribution in [0, 0.1) is 29.4 Å². The van der Waals surface area contributed by atoms with E-state index < -0.39 is 10.9 Å². The van der Waals surface area contributed by atoms with Crippen LogP contribution in [0.25, 0.3) is 0 Å². The first-order valence-electron chi connectivity index (χ1n) is 6.13. The Hall–Kier alpha value is -2.55. The van der Waals surface area contributed by atoms with Crippen LogP contribution in [-0.2, 0) is 0 Å². The number of nitro benzene ring substituents is 1. The SMILES string of the molecule is C#CCN(CCC)c1cc(C(=O)O)cc([N+](=O)[O-])c1C. The smallest absolute Gasteiger partial charge is 0.336 e. The van der Waals surface area contributed by atoms with Crippen molar-refractivity contribution in [2.45, 2.75) is 20.3 Å². The van der Waals surface area contributed by atoms with Crippen molar-refractivity contribution in [2.75, 3.05) is 18.0 Å². The zero-order valence-electron chi connectivity index (χ0n) is 11.4. The summed E-state index contributed by atoms with van der Waals surface area (Å²) < 4.78 is 0. The van der Waals surface area contributed by atoms with E-state index >= 15 is 0 Å². The number of nitro groups is 1. The molecule has 0 aliphatic heterocycles. The zero-order chi connectivity index (χ0) is 15.3. The summed E-state index contributed by atoms with van der Waals surface area (Å²) in [5.74, 6) is 1.28. The Balaban J connectivity index is 3.46. The van der Waals surface area contributed by atoms with Crippen molar-refractivity contribution in [3.8, 4) is 12.3 Å². The summed E-state index contributed by atoms with van der Waals surface area (Å²) in [5.41, 5.74) is 0.591. The summed E-state index contributed by atoms with van der Waals surface area (Å²) in [5, 5.41) is 20.1. The lowest BCUT2D eigenvalue weighted by molar-refractivity contribution is -0.385. The van der Waals surface area contributed by atoms with Gasteiger partial charge in [0.1, 0.15) is 0 Å². The Labute approximate surface area is 117 Å². The van der Waals surface area contributed by atoms with Crippen LogP contribution in [0.5, 0.6) is 0 Å². The molecule has 0 bridgehead atoms. The van der Waals surface area contributed by atoms with Crippen LogP contribution in [0.1, 0.15) is 29.3 Å². The Morgan fingerprint density at radius 2 is 2.20 bits per heavy atom. The number of nitrogens with zero attached hydrogens (tertiary/aromatic N) is 2. The van der Waals surface area contributed by atoms with E-state index in [1.54, 1.807) is 11.8 Å². The fourth-order valence-electron chi connectivity index (χ4n) is 1.99. The second-order valence-electron chi connectivity index (χ2n) is 4.33. The minimum absolute atomic E-state index is 0.115. The van der Waals surface area contributed by atoms with Crippen LogP contribution < -0.4 is 4.90 Å². The molecule has 1 N–H and O–H groups in total. The first kappa shape index (κ1) is 15.5. The maximum atomic E-state index is 11.1. The van der Waals surface area contributed by atoms with E-state index in [4.69, 9.17) is 11.5 Å². The number of aromatic carboxylic acids is 1. The molecule has 0 atom stereocenters. The third-order valence-electron chi connectivity index (χ3n) is 2.91. The number of hydrogen-bond donors (Lipinski definition) is 1. The Morgan fingerprint density at radius 1 is 1.55 bits per heavy atom. The van der Waals surface area contributed by atoms with Gasteiger partial charge in [-0.25, -0.2) is 4.79 Å². The van der Waals surface area contributed by atoms with E-state index in [2.05, 4.69) is 5.92 Å². The van der Waals surface area contributed by atoms with Crippen molar-refractivity contribution >= 4 is 17.3 Å². The molecule has 1 aromatic rings. The molecule has 0 unspecified atom stereocenters. The highest BCUT2D eigenvalue weighted by molar-refractivity contribution is 5.90. The van der Waals surface area contributed by atoms with E-state index in [1.165, 1.54) is 6.07 Å². The average Bonchev–Trinajstić information content (AvgIpc) is 2.38. The molecule has 0 heterocycles. The van der Waals surface area contributed by atoms with Gasteiger partial charge < -0.3 is 10.0 Å². The van der Waals surface area contributed by atoms with Gasteiger partial charge in [0.25, 0.3) is 5.69 Å². The van der Waals surface area contributed by atoms with E-state index in [1.807, 2.05) is 6.92 Å². The number of rotatable bonds is 6. The quantitative estimate of drug-likeness (QED) is 0.490. The number of carboxylic acids is 1. The number of terminal acetylenes is 1. The van der Waals surface area contributed by atoms with Gasteiger partial charge in [0.2, 0.25) is 0 Å². The lowest BCUT2D eigenvalue weighted by atomic mass is 10.1. The highest BCUT2D eigenvalue weighted by Gasteiger charge is 2.21. The lowest BCUT2D eigenvalue weighted by Crippen LogP contribution is -2.25. The van der Waals surface area contributed by atoms with Crippen LogP contribution in [0.2, 0.25) is 0 Å². The number of hydrogen-bond acceptors (Lipinski definition) is 4. The molecule has 106 valence electrons. The van der Waals surface area contributed by atoms with Gasteiger partial charge in [-0.05, 0) is 19.4 Å². The van der Waals surface area contributed by atoms with Gasteiger partial charge in [-0.2, -0.15) is 0 Å². The topological polar surface area (TPSA) is 83.7 Å². The summed E-state index contributed by atoms with van der Waals surface area (Å²) in [6.07, 6.45) is 6.10. The van der Waals surface area contributed by atoms with Crippen molar-refractivity contribution in [2.24, 2.45) is 0 Å². The number of benzene rings is 1. The maximum Gasteiger partial charge on any atom is 0.336 e. The molecule has 0 fully saturated rings. The molecule has 0 aliphatic carbocycles. The minimum Gasteiger partial charge on any atom is -0.478 e. The average molecular weight is 276 g/mol. The Morgan fingerprint density at radius 3 is 2.65 bits per heavy atom. The highest BCUT2D eigenvalue weighted by atomic mass is 16.6. The van der Waals surface area contributed by atoms with Crippen LogP contribution >= 0.6 is 0 Å². The summed E-state index contributed by atoms with van der Waals surface area (Å²) in [4.78, 5) is 23.3. The van der Waals surface area contributed by atoms with Gasteiger partial charge in [0.05, 0.1) is 22.6 Å².